The molecule has 0 aliphatic heterocycles. The molecule has 0 N–H and O–H groups in total. The first kappa shape index (κ1) is 20.6. The number of nitro groups is 2. The molecule has 0 radical (unpaired) electrons. The standard InChI is InChI=1S/C16H16ClN3O6S/c1-2-8-18(11-12-6-4-3-5-7-12)16-14(19(21)22)9-13(27(17,25)26)10-15(16)20(23)24/h3-7,9-10H,2,8,11H2,1H3. The zero-order valence-corrected chi connectivity index (χ0v) is 15.8. The maximum Gasteiger partial charge on any atom is 0.301 e. The molecule has 0 aliphatic carbocycles. The van der Waals surface area contributed by atoms with Gasteiger partial charge in [-0.25, -0.2) is 8.42 Å². The van der Waals surface area contributed by atoms with Gasteiger partial charge in [-0.2, -0.15) is 0 Å². The summed E-state index contributed by atoms with van der Waals surface area (Å²) >= 11 is 0. The Hall–Kier alpha value is -2.72. The van der Waals surface area contributed by atoms with Crippen LogP contribution in [0.3, 0.4) is 0 Å². The van der Waals surface area contributed by atoms with E-state index in [0.717, 1.165) is 17.7 Å². The first-order valence-corrected chi connectivity index (χ1v) is 10.2. The normalized spacial score (nSPS) is 11.2. The minimum Gasteiger partial charge on any atom is -0.356 e. The van der Waals surface area contributed by atoms with Crippen molar-refractivity contribution in [2.24, 2.45) is 0 Å². The molecule has 2 rings (SSSR count). The first-order chi connectivity index (χ1) is 12.6. The van der Waals surface area contributed by atoms with E-state index in [0.29, 0.717) is 13.0 Å². The van der Waals surface area contributed by atoms with Crippen LogP contribution in [0.2, 0.25) is 0 Å². The van der Waals surface area contributed by atoms with Crippen molar-refractivity contribution in [1.82, 2.24) is 0 Å². The van der Waals surface area contributed by atoms with Crippen LogP contribution in [0.4, 0.5) is 17.1 Å². The lowest BCUT2D eigenvalue weighted by molar-refractivity contribution is -0.393. The van der Waals surface area contributed by atoms with Gasteiger partial charge in [-0.15, -0.1) is 0 Å². The molecule has 0 saturated heterocycles. The third kappa shape index (κ3) is 4.92. The second-order valence-electron chi connectivity index (χ2n) is 5.67. The topological polar surface area (TPSA) is 124 Å². The molecule has 144 valence electrons. The molecule has 0 spiro atoms. The fourth-order valence-electron chi connectivity index (χ4n) is 2.67. The summed E-state index contributed by atoms with van der Waals surface area (Å²) in [4.78, 5) is 22.2. The number of rotatable bonds is 8. The van der Waals surface area contributed by atoms with Crippen LogP contribution < -0.4 is 4.90 Å². The molecule has 0 bridgehead atoms. The zero-order valence-electron chi connectivity index (χ0n) is 14.2. The summed E-state index contributed by atoms with van der Waals surface area (Å²) in [6, 6.07) is 10.4. The second kappa shape index (κ2) is 8.31. The van der Waals surface area contributed by atoms with Crippen LogP contribution in [0, 0.1) is 20.2 Å². The summed E-state index contributed by atoms with van der Waals surface area (Å²) in [6.45, 7) is 2.31. The molecule has 0 fully saturated rings. The number of hydrogen-bond acceptors (Lipinski definition) is 7. The van der Waals surface area contributed by atoms with E-state index in [-0.39, 0.29) is 12.2 Å². The Bertz CT molecular complexity index is 930. The van der Waals surface area contributed by atoms with Crippen molar-refractivity contribution >= 4 is 36.8 Å². The van der Waals surface area contributed by atoms with E-state index in [1.54, 1.807) is 30.3 Å². The van der Waals surface area contributed by atoms with Gasteiger partial charge >= 0.3 is 11.4 Å². The number of hydrogen-bond donors (Lipinski definition) is 0. The van der Waals surface area contributed by atoms with Gasteiger partial charge in [0.05, 0.1) is 14.7 Å². The van der Waals surface area contributed by atoms with Crippen molar-refractivity contribution in [3.05, 3.63) is 68.3 Å². The van der Waals surface area contributed by atoms with Gasteiger partial charge in [0.2, 0.25) is 0 Å². The lowest BCUT2D eigenvalue weighted by Crippen LogP contribution is -2.25. The molecule has 0 saturated carbocycles. The number of anilines is 1. The minimum absolute atomic E-state index is 0.184. The van der Waals surface area contributed by atoms with E-state index in [4.69, 9.17) is 10.7 Å². The number of nitrogens with zero attached hydrogens (tertiary/aromatic N) is 3. The van der Waals surface area contributed by atoms with Crippen LogP contribution in [-0.2, 0) is 15.6 Å². The Morgan fingerprint density at radius 3 is 1.96 bits per heavy atom. The smallest absolute Gasteiger partial charge is 0.301 e. The number of benzene rings is 2. The summed E-state index contributed by atoms with van der Waals surface area (Å²) in [5, 5.41) is 23.1. The van der Waals surface area contributed by atoms with Gasteiger partial charge in [-0.05, 0) is 12.0 Å². The Kier molecular flexibility index (Phi) is 6.34. The van der Waals surface area contributed by atoms with E-state index < -0.39 is 35.2 Å². The molecule has 0 unspecified atom stereocenters. The summed E-state index contributed by atoms with van der Waals surface area (Å²) in [7, 11) is 0.864. The molecule has 0 heterocycles. The number of halogens is 1. The molecule has 0 aliphatic rings. The van der Waals surface area contributed by atoms with Crippen molar-refractivity contribution in [2.75, 3.05) is 11.4 Å². The van der Waals surface area contributed by atoms with Gasteiger partial charge in [-0.1, -0.05) is 37.3 Å². The summed E-state index contributed by atoms with van der Waals surface area (Å²) in [6.07, 6.45) is 0.566. The van der Waals surface area contributed by atoms with E-state index in [2.05, 4.69) is 0 Å². The van der Waals surface area contributed by atoms with Crippen LogP contribution in [0.5, 0.6) is 0 Å². The maximum absolute atomic E-state index is 11.6. The van der Waals surface area contributed by atoms with E-state index in [9.17, 15) is 28.6 Å². The highest BCUT2D eigenvalue weighted by Gasteiger charge is 2.33. The van der Waals surface area contributed by atoms with E-state index in [1.165, 1.54) is 4.90 Å². The highest BCUT2D eigenvalue weighted by atomic mass is 35.7. The van der Waals surface area contributed by atoms with Gasteiger partial charge in [0, 0.05) is 35.9 Å². The molecule has 2 aromatic carbocycles. The van der Waals surface area contributed by atoms with Crippen molar-refractivity contribution in [1.29, 1.82) is 0 Å². The van der Waals surface area contributed by atoms with E-state index >= 15 is 0 Å². The lowest BCUT2D eigenvalue weighted by atomic mass is 10.1. The van der Waals surface area contributed by atoms with Crippen molar-refractivity contribution in [3.8, 4) is 0 Å². The second-order valence-corrected chi connectivity index (χ2v) is 8.24. The van der Waals surface area contributed by atoms with Crippen molar-refractivity contribution in [2.45, 2.75) is 24.8 Å². The van der Waals surface area contributed by atoms with Gasteiger partial charge in [0.1, 0.15) is 0 Å². The highest BCUT2D eigenvalue weighted by Crippen LogP contribution is 2.41. The van der Waals surface area contributed by atoms with Gasteiger partial charge in [0.25, 0.3) is 9.05 Å². The fraction of sp³-hybridized carbons (Fsp3) is 0.250. The minimum atomic E-state index is -4.38. The van der Waals surface area contributed by atoms with Gasteiger partial charge in [-0.3, -0.25) is 20.2 Å². The Morgan fingerprint density at radius 1 is 1.04 bits per heavy atom. The van der Waals surface area contributed by atoms with Gasteiger partial charge in [0.15, 0.2) is 5.69 Å². The predicted molar refractivity (Wildman–Crippen MR) is 101 cm³/mol. The highest BCUT2D eigenvalue weighted by molar-refractivity contribution is 8.13. The maximum atomic E-state index is 11.6. The molecule has 2 aromatic rings. The third-order valence-corrected chi connectivity index (χ3v) is 5.08. The fourth-order valence-corrected chi connectivity index (χ4v) is 3.44. The molecule has 27 heavy (non-hydrogen) atoms. The Balaban J connectivity index is 2.73. The lowest BCUT2D eigenvalue weighted by Gasteiger charge is -2.24. The molecular weight excluding hydrogens is 398 g/mol. The largest absolute Gasteiger partial charge is 0.356 e. The SMILES string of the molecule is CCCN(Cc1ccccc1)c1c([N+](=O)[O-])cc(S(=O)(=O)Cl)cc1[N+](=O)[O-]. The Morgan fingerprint density at radius 2 is 1.56 bits per heavy atom. The first-order valence-electron chi connectivity index (χ1n) is 7.85. The van der Waals surface area contributed by atoms with Crippen molar-refractivity contribution in [3.63, 3.8) is 0 Å². The Labute approximate surface area is 159 Å². The van der Waals surface area contributed by atoms with Crippen molar-refractivity contribution < 1.29 is 18.3 Å². The summed E-state index contributed by atoms with van der Waals surface area (Å²) in [5.41, 5.74) is -0.830. The van der Waals surface area contributed by atoms with Crippen LogP contribution in [0.25, 0.3) is 0 Å². The average molecular weight is 414 g/mol. The number of nitro benzene ring substituents is 2. The van der Waals surface area contributed by atoms with Crippen LogP contribution >= 0.6 is 10.7 Å². The quantitative estimate of drug-likeness (QED) is 0.365. The van der Waals surface area contributed by atoms with Crippen LogP contribution in [0.15, 0.2) is 47.4 Å². The molecule has 0 atom stereocenters. The zero-order chi connectivity index (χ0) is 20.2. The molecule has 9 nitrogen and oxygen atoms in total. The molecule has 11 heteroatoms. The molecule has 0 amide bonds. The predicted octanol–water partition coefficient (Wildman–Crippen LogP) is 3.85. The van der Waals surface area contributed by atoms with Crippen LogP contribution in [-0.4, -0.2) is 24.8 Å². The molecule has 0 aromatic heterocycles. The third-order valence-electron chi connectivity index (χ3n) is 3.74. The van der Waals surface area contributed by atoms with Gasteiger partial charge < -0.3 is 4.90 Å². The summed E-state index contributed by atoms with van der Waals surface area (Å²) in [5.74, 6) is 0. The van der Waals surface area contributed by atoms with E-state index in [1.807, 2.05) is 6.92 Å². The summed E-state index contributed by atoms with van der Waals surface area (Å²) < 4.78 is 23.2. The molecular formula is C16H16ClN3O6S. The monoisotopic (exact) mass is 413 g/mol. The van der Waals surface area contributed by atoms with Crippen LogP contribution in [0.1, 0.15) is 18.9 Å². The average Bonchev–Trinajstić information content (AvgIpc) is 2.60.